The van der Waals surface area contributed by atoms with Crippen molar-refractivity contribution in [2.24, 2.45) is 5.41 Å². The standard InChI is InChI=1S/C29H35N5O/c1-21-17-24(23-13-9-10-16-30-23)31-18-25(21)34-20-28(32-26(34)35)14-15-29(33(4)5,27(2,3)19-28)22-11-7-6-8-12-22/h6-13,16-18H,14-15,19-20H2,1-5H3,(H,32,35)/t28-,29-/m1/s1. The molecule has 1 saturated carbocycles. The molecular weight excluding hydrogens is 434 g/mol. The van der Waals surface area contributed by atoms with Crippen LogP contribution in [-0.2, 0) is 5.54 Å². The molecule has 182 valence electrons. The third-order valence-corrected chi connectivity index (χ3v) is 8.26. The normalized spacial score (nSPS) is 25.8. The third-order valence-electron chi connectivity index (χ3n) is 8.26. The van der Waals surface area contributed by atoms with Crippen LogP contribution in [0.15, 0.2) is 67.0 Å². The van der Waals surface area contributed by atoms with Crippen molar-refractivity contribution in [1.82, 2.24) is 20.2 Å². The van der Waals surface area contributed by atoms with E-state index in [0.717, 1.165) is 41.9 Å². The molecule has 2 fully saturated rings. The maximum atomic E-state index is 13.3. The van der Waals surface area contributed by atoms with Crippen LogP contribution in [0.1, 0.15) is 44.2 Å². The fourth-order valence-corrected chi connectivity index (χ4v) is 6.81. The number of hydrogen-bond donors (Lipinski definition) is 1. The van der Waals surface area contributed by atoms with Crippen LogP contribution in [0.25, 0.3) is 11.4 Å². The predicted molar refractivity (Wildman–Crippen MR) is 140 cm³/mol. The predicted octanol–water partition coefficient (Wildman–Crippen LogP) is 5.39. The number of carbonyl (C=O) groups excluding carboxylic acids is 1. The zero-order valence-corrected chi connectivity index (χ0v) is 21.4. The zero-order valence-electron chi connectivity index (χ0n) is 21.4. The first-order valence-corrected chi connectivity index (χ1v) is 12.4. The Hall–Kier alpha value is -3.25. The Morgan fingerprint density at radius 3 is 2.34 bits per heavy atom. The smallest absolute Gasteiger partial charge is 0.322 e. The molecule has 35 heavy (non-hydrogen) atoms. The molecule has 2 aromatic heterocycles. The molecule has 2 amide bonds. The van der Waals surface area contributed by atoms with Crippen LogP contribution in [0.2, 0.25) is 0 Å². The van der Waals surface area contributed by atoms with E-state index in [4.69, 9.17) is 0 Å². The number of aromatic nitrogens is 2. The Kier molecular flexibility index (Phi) is 5.67. The number of pyridine rings is 2. The van der Waals surface area contributed by atoms with Crippen LogP contribution in [0.3, 0.4) is 0 Å². The van der Waals surface area contributed by atoms with E-state index in [1.807, 2.05) is 42.3 Å². The van der Waals surface area contributed by atoms with Crippen molar-refractivity contribution in [1.29, 1.82) is 0 Å². The summed E-state index contributed by atoms with van der Waals surface area (Å²) in [5.41, 5.74) is 4.46. The minimum absolute atomic E-state index is 0.0339. The van der Waals surface area contributed by atoms with Crippen LogP contribution in [0, 0.1) is 12.3 Å². The summed E-state index contributed by atoms with van der Waals surface area (Å²) in [5, 5.41) is 3.40. The van der Waals surface area contributed by atoms with Gasteiger partial charge in [0.05, 0.1) is 40.9 Å². The highest BCUT2D eigenvalue weighted by Crippen LogP contribution is 2.56. The molecule has 0 bridgehead atoms. The van der Waals surface area contributed by atoms with Gasteiger partial charge in [0, 0.05) is 6.20 Å². The van der Waals surface area contributed by atoms with Gasteiger partial charge in [-0.25, -0.2) is 4.79 Å². The molecule has 1 aliphatic heterocycles. The van der Waals surface area contributed by atoms with E-state index in [1.54, 1.807) is 6.20 Å². The molecule has 3 heterocycles. The molecule has 1 aromatic carbocycles. The average molecular weight is 470 g/mol. The van der Waals surface area contributed by atoms with Gasteiger partial charge in [0.2, 0.25) is 0 Å². The monoisotopic (exact) mass is 469 g/mol. The number of carbonyl (C=O) groups is 1. The van der Waals surface area contributed by atoms with Gasteiger partial charge in [0.15, 0.2) is 0 Å². The first-order chi connectivity index (χ1) is 16.7. The number of rotatable bonds is 4. The van der Waals surface area contributed by atoms with Crippen molar-refractivity contribution < 1.29 is 4.79 Å². The van der Waals surface area contributed by atoms with Gasteiger partial charge in [-0.05, 0) is 75.0 Å². The highest BCUT2D eigenvalue weighted by atomic mass is 16.2. The van der Waals surface area contributed by atoms with E-state index in [9.17, 15) is 4.79 Å². The summed E-state index contributed by atoms with van der Waals surface area (Å²) >= 11 is 0. The molecule has 2 atom stereocenters. The molecule has 6 heteroatoms. The second kappa shape index (κ2) is 8.45. The topological polar surface area (TPSA) is 61.4 Å². The van der Waals surface area contributed by atoms with Crippen molar-refractivity contribution in [2.45, 2.75) is 51.1 Å². The number of nitrogens with zero attached hydrogens (tertiary/aromatic N) is 4. The number of benzene rings is 1. The molecule has 5 rings (SSSR count). The van der Waals surface area contributed by atoms with Crippen LogP contribution < -0.4 is 10.2 Å². The van der Waals surface area contributed by atoms with Gasteiger partial charge in [-0.1, -0.05) is 50.2 Å². The van der Waals surface area contributed by atoms with Gasteiger partial charge >= 0.3 is 6.03 Å². The SMILES string of the molecule is Cc1cc(-c2ccccn2)ncc1N1C[C@]2(CC[C@](c3ccccc3)(N(C)C)C(C)(C)C2)NC1=O. The minimum atomic E-state index is -0.263. The van der Waals surface area contributed by atoms with Crippen LogP contribution in [-0.4, -0.2) is 47.1 Å². The first kappa shape index (κ1) is 23.5. The zero-order chi connectivity index (χ0) is 24.8. The fourth-order valence-electron chi connectivity index (χ4n) is 6.81. The molecule has 1 spiro atoms. The van der Waals surface area contributed by atoms with E-state index in [2.05, 4.69) is 78.5 Å². The molecule has 1 N–H and O–H groups in total. The lowest BCUT2D eigenvalue weighted by molar-refractivity contribution is -0.0535. The highest BCUT2D eigenvalue weighted by Gasteiger charge is 2.58. The van der Waals surface area contributed by atoms with Crippen molar-refractivity contribution >= 4 is 11.7 Å². The molecule has 3 aromatic rings. The van der Waals surface area contributed by atoms with Gasteiger partial charge in [0.25, 0.3) is 0 Å². The summed E-state index contributed by atoms with van der Waals surface area (Å²) in [6, 6.07) is 18.6. The average Bonchev–Trinajstić information content (AvgIpc) is 3.14. The maximum Gasteiger partial charge on any atom is 0.322 e. The second-order valence-corrected chi connectivity index (χ2v) is 11.0. The summed E-state index contributed by atoms with van der Waals surface area (Å²) < 4.78 is 0. The maximum absolute atomic E-state index is 13.3. The van der Waals surface area contributed by atoms with E-state index in [1.165, 1.54) is 5.56 Å². The quantitative estimate of drug-likeness (QED) is 0.557. The first-order valence-electron chi connectivity index (χ1n) is 12.4. The van der Waals surface area contributed by atoms with E-state index in [0.29, 0.717) is 6.54 Å². The summed E-state index contributed by atoms with van der Waals surface area (Å²) in [6.07, 6.45) is 6.38. The highest BCUT2D eigenvalue weighted by molar-refractivity contribution is 5.96. The Labute approximate surface area is 208 Å². The van der Waals surface area contributed by atoms with Crippen LogP contribution in [0.5, 0.6) is 0 Å². The lowest BCUT2D eigenvalue weighted by Gasteiger charge is -2.58. The molecule has 1 saturated heterocycles. The van der Waals surface area contributed by atoms with E-state index >= 15 is 0 Å². The number of nitrogens with one attached hydrogen (secondary N) is 1. The minimum Gasteiger partial charge on any atom is -0.330 e. The lowest BCUT2D eigenvalue weighted by atomic mass is 9.55. The van der Waals surface area contributed by atoms with Gasteiger partial charge in [0.1, 0.15) is 0 Å². The van der Waals surface area contributed by atoms with E-state index < -0.39 is 0 Å². The molecule has 2 aliphatic rings. The summed E-state index contributed by atoms with van der Waals surface area (Å²) in [5.74, 6) is 0. The number of amides is 2. The summed E-state index contributed by atoms with van der Waals surface area (Å²) in [7, 11) is 4.37. The number of hydrogen-bond acceptors (Lipinski definition) is 4. The fraction of sp³-hybridized carbons (Fsp3) is 0.414. The number of urea groups is 1. The molecule has 6 nitrogen and oxygen atoms in total. The Morgan fingerprint density at radius 2 is 1.71 bits per heavy atom. The van der Waals surface area contributed by atoms with Crippen molar-refractivity contribution in [2.75, 3.05) is 25.5 Å². The second-order valence-electron chi connectivity index (χ2n) is 11.0. The lowest BCUT2D eigenvalue weighted by Crippen LogP contribution is -2.62. The van der Waals surface area contributed by atoms with Gasteiger partial charge in [-0.15, -0.1) is 0 Å². The number of aryl methyl sites for hydroxylation is 1. The van der Waals surface area contributed by atoms with Gasteiger partial charge in [-0.2, -0.15) is 0 Å². The largest absolute Gasteiger partial charge is 0.330 e. The van der Waals surface area contributed by atoms with Gasteiger partial charge < -0.3 is 5.32 Å². The molecular formula is C29H35N5O. The molecule has 0 unspecified atom stereocenters. The van der Waals surface area contributed by atoms with Crippen LogP contribution >= 0.6 is 0 Å². The van der Waals surface area contributed by atoms with Crippen LogP contribution in [0.4, 0.5) is 10.5 Å². The molecule has 1 aliphatic carbocycles. The van der Waals surface area contributed by atoms with E-state index in [-0.39, 0.29) is 22.5 Å². The Balaban J connectivity index is 1.43. The number of anilines is 1. The molecule has 0 radical (unpaired) electrons. The third kappa shape index (κ3) is 3.80. The van der Waals surface area contributed by atoms with Crippen molar-refractivity contribution in [3.8, 4) is 11.4 Å². The Morgan fingerprint density at radius 1 is 0.971 bits per heavy atom. The summed E-state index contributed by atoms with van der Waals surface area (Å²) in [6.45, 7) is 7.40. The Bertz CT molecular complexity index is 1230. The van der Waals surface area contributed by atoms with Crippen molar-refractivity contribution in [3.63, 3.8) is 0 Å². The summed E-state index contributed by atoms with van der Waals surface area (Å²) in [4.78, 5) is 26.6. The van der Waals surface area contributed by atoms with Crippen molar-refractivity contribution in [3.05, 3.63) is 78.1 Å². The van der Waals surface area contributed by atoms with Gasteiger partial charge in [-0.3, -0.25) is 19.8 Å².